The molecule has 0 heterocycles. The van der Waals surface area contributed by atoms with E-state index < -0.39 is 0 Å². The second kappa shape index (κ2) is 6.16. The summed E-state index contributed by atoms with van der Waals surface area (Å²) in [5.41, 5.74) is 0.236. The minimum atomic E-state index is -0.106. The number of methoxy groups -OCH3 is 2. The van der Waals surface area contributed by atoms with Gasteiger partial charge in [0.05, 0.1) is 24.3 Å². The lowest BCUT2D eigenvalue weighted by Gasteiger charge is -2.12. The largest absolute Gasteiger partial charge is 0.493 e. The van der Waals surface area contributed by atoms with E-state index >= 15 is 0 Å². The lowest BCUT2D eigenvalue weighted by atomic mass is 10.1. The number of benzene rings is 1. The molecule has 0 aliphatic rings. The Balaban J connectivity index is 3.53. The number of hydrogen-bond donors (Lipinski definition) is 0. The van der Waals surface area contributed by atoms with Gasteiger partial charge in [-0.3, -0.25) is 0 Å². The highest BCUT2D eigenvalue weighted by Crippen LogP contribution is 2.42. The lowest BCUT2D eigenvalue weighted by Crippen LogP contribution is -1.94. The number of rotatable bonds is 3. The first-order valence-electron chi connectivity index (χ1n) is 4.70. The summed E-state index contributed by atoms with van der Waals surface area (Å²) in [4.78, 5) is 0. The Hall–Kier alpha value is -1.88. The molecule has 0 atom stereocenters. The second-order valence-electron chi connectivity index (χ2n) is 3.10. The molecule has 92 valence electrons. The predicted molar refractivity (Wildman–Crippen MR) is 68.8 cm³/mol. The van der Waals surface area contributed by atoms with Crippen LogP contribution in [0.25, 0.3) is 6.08 Å². The summed E-state index contributed by atoms with van der Waals surface area (Å²) in [5, 5.41) is 17.9. The molecule has 1 rings (SSSR count). The maximum atomic E-state index is 8.71. The van der Waals surface area contributed by atoms with Crippen LogP contribution in [-0.2, 0) is 0 Å². The third-order valence-electron chi connectivity index (χ3n) is 2.13. The van der Waals surface area contributed by atoms with E-state index in [-0.39, 0.29) is 15.6 Å². The van der Waals surface area contributed by atoms with Gasteiger partial charge in [0.1, 0.15) is 17.7 Å². The van der Waals surface area contributed by atoms with Gasteiger partial charge < -0.3 is 9.47 Å². The normalized spacial score (nSPS) is 9.00. The van der Waals surface area contributed by atoms with Crippen molar-refractivity contribution in [3.63, 3.8) is 0 Å². The molecule has 0 saturated heterocycles. The van der Waals surface area contributed by atoms with Gasteiger partial charge in [-0.1, -0.05) is 23.2 Å². The van der Waals surface area contributed by atoms with Gasteiger partial charge in [-0.15, -0.1) is 0 Å². The van der Waals surface area contributed by atoms with Crippen LogP contribution < -0.4 is 9.47 Å². The summed E-state index contributed by atoms with van der Waals surface area (Å²) in [7, 11) is 2.89. The molecule has 0 aliphatic heterocycles. The molecule has 0 spiro atoms. The van der Waals surface area contributed by atoms with Crippen molar-refractivity contribution < 1.29 is 9.47 Å². The van der Waals surface area contributed by atoms with E-state index in [2.05, 4.69) is 0 Å². The van der Waals surface area contributed by atoms with E-state index in [1.165, 1.54) is 26.4 Å². The number of nitriles is 2. The van der Waals surface area contributed by atoms with Crippen LogP contribution in [0.3, 0.4) is 0 Å². The van der Waals surface area contributed by atoms with Gasteiger partial charge >= 0.3 is 0 Å². The van der Waals surface area contributed by atoms with Crippen molar-refractivity contribution in [2.24, 2.45) is 0 Å². The average Bonchev–Trinajstić information content (AvgIpc) is 2.38. The first kappa shape index (κ1) is 14.2. The third-order valence-corrected chi connectivity index (χ3v) is 2.82. The highest BCUT2D eigenvalue weighted by Gasteiger charge is 2.16. The molecule has 0 bridgehead atoms. The zero-order chi connectivity index (χ0) is 13.7. The molecule has 18 heavy (non-hydrogen) atoms. The van der Waals surface area contributed by atoms with Gasteiger partial charge in [0.15, 0.2) is 11.5 Å². The fraction of sp³-hybridized carbons (Fsp3) is 0.167. The Kier molecular flexibility index (Phi) is 4.85. The highest BCUT2D eigenvalue weighted by atomic mass is 35.5. The standard InChI is InChI=1S/C12H8Cl2N2O2/c1-17-10-4-9(13)8(3-7(5-15)6-16)11(14)12(10)18-2/h3-4H,1-2H3. The Bertz CT molecular complexity index is 567. The summed E-state index contributed by atoms with van der Waals surface area (Å²) in [6.45, 7) is 0. The monoisotopic (exact) mass is 282 g/mol. The van der Waals surface area contributed by atoms with E-state index in [0.717, 1.165) is 0 Å². The van der Waals surface area contributed by atoms with Gasteiger partial charge in [0, 0.05) is 11.6 Å². The van der Waals surface area contributed by atoms with Crippen molar-refractivity contribution in [3.8, 4) is 23.6 Å². The van der Waals surface area contributed by atoms with Crippen molar-refractivity contribution in [2.45, 2.75) is 0 Å². The lowest BCUT2D eigenvalue weighted by molar-refractivity contribution is 0.355. The summed E-state index contributed by atoms with van der Waals surface area (Å²) in [5.74, 6) is 0.671. The number of allylic oxidation sites excluding steroid dienone is 1. The molecule has 0 aromatic heterocycles. The minimum Gasteiger partial charge on any atom is -0.493 e. The molecule has 0 amide bonds. The van der Waals surface area contributed by atoms with Crippen LogP contribution in [0, 0.1) is 22.7 Å². The fourth-order valence-electron chi connectivity index (χ4n) is 1.30. The van der Waals surface area contributed by atoms with Crippen molar-refractivity contribution in [3.05, 3.63) is 27.2 Å². The Morgan fingerprint density at radius 2 is 1.83 bits per heavy atom. The molecular weight excluding hydrogens is 275 g/mol. The third kappa shape index (κ3) is 2.68. The maximum absolute atomic E-state index is 8.71. The van der Waals surface area contributed by atoms with E-state index in [9.17, 15) is 0 Å². The molecule has 0 radical (unpaired) electrons. The molecular formula is C12H8Cl2N2O2. The number of halogens is 2. The molecule has 6 heteroatoms. The Morgan fingerprint density at radius 3 is 2.28 bits per heavy atom. The first-order valence-corrected chi connectivity index (χ1v) is 5.46. The molecule has 0 unspecified atom stereocenters. The zero-order valence-corrected chi connectivity index (χ0v) is 11.1. The topological polar surface area (TPSA) is 66.0 Å². The number of hydrogen-bond acceptors (Lipinski definition) is 4. The quantitative estimate of drug-likeness (QED) is 0.797. The Labute approximate surface area is 115 Å². The van der Waals surface area contributed by atoms with Crippen LogP contribution in [0.5, 0.6) is 11.5 Å². The molecule has 1 aromatic rings. The smallest absolute Gasteiger partial charge is 0.180 e. The van der Waals surface area contributed by atoms with Crippen molar-refractivity contribution in [1.82, 2.24) is 0 Å². The molecule has 0 fully saturated rings. The summed E-state index contributed by atoms with van der Waals surface area (Å²) in [6.07, 6.45) is 1.30. The van der Waals surface area contributed by atoms with Crippen LogP contribution in [0.4, 0.5) is 0 Å². The van der Waals surface area contributed by atoms with Crippen molar-refractivity contribution in [2.75, 3.05) is 14.2 Å². The van der Waals surface area contributed by atoms with Crippen LogP contribution in [0.2, 0.25) is 10.0 Å². The van der Waals surface area contributed by atoms with Gasteiger partial charge in [-0.05, 0) is 6.08 Å². The number of ether oxygens (including phenoxy) is 2. The molecule has 1 aromatic carbocycles. The minimum absolute atomic E-state index is 0.106. The fourth-order valence-corrected chi connectivity index (χ4v) is 1.92. The van der Waals surface area contributed by atoms with E-state index in [1.807, 2.05) is 0 Å². The van der Waals surface area contributed by atoms with E-state index in [1.54, 1.807) is 12.1 Å². The van der Waals surface area contributed by atoms with E-state index in [0.29, 0.717) is 17.1 Å². The van der Waals surface area contributed by atoms with Gasteiger partial charge in [0.25, 0.3) is 0 Å². The van der Waals surface area contributed by atoms with E-state index in [4.69, 9.17) is 43.2 Å². The van der Waals surface area contributed by atoms with Crippen molar-refractivity contribution >= 4 is 29.3 Å². The van der Waals surface area contributed by atoms with Crippen LogP contribution in [0.1, 0.15) is 5.56 Å². The van der Waals surface area contributed by atoms with Gasteiger partial charge in [0.2, 0.25) is 0 Å². The first-order chi connectivity index (χ1) is 8.58. The van der Waals surface area contributed by atoms with Gasteiger partial charge in [-0.2, -0.15) is 10.5 Å². The average molecular weight is 283 g/mol. The molecule has 4 nitrogen and oxygen atoms in total. The maximum Gasteiger partial charge on any atom is 0.180 e. The SMILES string of the molecule is COc1cc(Cl)c(C=C(C#N)C#N)c(Cl)c1OC. The van der Waals surface area contributed by atoms with Gasteiger partial charge in [-0.25, -0.2) is 0 Å². The second-order valence-corrected chi connectivity index (χ2v) is 3.89. The van der Waals surface area contributed by atoms with Crippen LogP contribution >= 0.6 is 23.2 Å². The van der Waals surface area contributed by atoms with Crippen LogP contribution in [0.15, 0.2) is 11.6 Å². The molecule has 0 N–H and O–H groups in total. The molecule has 0 aliphatic carbocycles. The highest BCUT2D eigenvalue weighted by molar-refractivity contribution is 6.38. The summed E-state index contributed by atoms with van der Waals surface area (Å²) >= 11 is 12.1. The Morgan fingerprint density at radius 1 is 1.22 bits per heavy atom. The van der Waals surface area contributed by atoms with Crippen molar-refractivity contribution in [1.29, 1.82) is 10.5 Å². The molecule has 0 saturated carbocycles. The predicted octanol–water partition coefficient (Wildman–Crippen LogP) is 3.44. The van der Waals surface area contributed by atoms with Crippen LogP contribution in [-0.4, -0.2) is 14.2 Å². The zero-order valence-electron chi connectivity index (χ0n) is 9.62. The summed E-state index contributed by atoms with van der Waals surface area (Å²) < 4.78 is 10.2. The summed E-state index contributed by atoms with van der Waals surface area (Å²) in [6, 6.07) is 4.97. The number of nitrogens with zero attached hydrogens (tertiary/aromatic N) is 2.